The second kappa shape index (κ2) is 6.22. The van der Waals surface area contributed by atoms with E-state index in [0.29, 0.717) is 12.1 Å². The van der Waals surface area contributed by atoms with Crippen LogP contribution in [0.15, 0.2) is 6.33 Å². The van der Waals surface area contributed by atoms with Crippen LogP contribution in [-0.2, 0) is 4.74 Å². The fourth-order valence-electron chi connectivity index (χ4n) is 2.62. The number of fused-ring (bicyclic) bond motifs is 1. The second-order valence-electron chi connectivity index (χ2n) is 5.16. The Labute approximate surface area is 130 Å². The first-order valence-corrected chi connectivity index (χ1v) is 7.28. The Balaban J connectivity index is 2.00. The van der Waals surface area contributed by atoms with E-state index in [1.165, 1.54) is 10.9 Å². The van der Waals surface area contributed by atoms with Crippen molar-refractivity contribution in [1.29, 1.82) is 0 Å². The van der Waals surface area contributed by atoms with Crippen LogP contribution in [0.5, 0.6) is 5.88 Å². The topological polar surface area (TPSA) is 129 Å². The van der Waals surface area contributed by atoms with Crippen molar-refractivity contribution in [2.75, 3.05) is 18.9 Å². The van der Waals surface area contributed by atoms with Gasteiger partial charge in [-0.1, -0.05) is 0 Å². The average molecular weight is 327 g/mol. The standard InChI is InChI=1S/C13H18FN5O4/c1-2-22-11-8-10(17-13(15)18-11)19(5-16-8)12-7(14)9(21)6(23-12)3-4-20/h5-7,9,12,20-21H,2-4H2,1H3,(H2,15,17,18)/t6-,7-,9-,12-/m1/s1. The van der Waals surface area contributed by atoms with Gasteiger partial charge >= 0.3 is 0 Å². The van der Waals surface area contributed by atoms with Crippen molar-refractivity contribution in [3.63, 3.8) is 0 Å². The molecule has 4 atom stereocenters. The summed E-state index contributed by atoms with van der Waals surface area (Å²) >= 11 is 0. The molecule has 0 unspecified atom stereocenters. The molecule has 0 spiro atoms. The summed E-state index contributed by atoms with van der Waals surface area (Å²) in [5.41, 5.74) is 6.24. The van der Waals surface area contributed by atoms with Crippen LogP contribution in [0.3, 0.4) is 0 Å². The quantitative estimate of drug-likeness (QED) is 0.688. The van der Waals surface area contributed by atoms with Gasteiger partial charge in [-0.05, 0) is 13.3 Å². The summed E-state index contributed by atoms with van der Waals surface area (Å²) in [6.45, 7) is 1.94. The van der Waals surface area contributed by atoms with Crippen LogP contribution >= 0.6 is 0 Å². The number of nitrogens with two attached hydrogens (primary N) is 1. The molecule has 9 nitrogen and oxygen atoms in total. The molecule has 0 aliphatic carbocycles. The lowest BCUT2D eigenvalue weighted by atomic mass is 10.1. The maximum atomic E-state index is 14.4. The molecule has 2 aromatic heterocycles. The summed E-state index contributed by atoms with van der Waals surface area (Å²) in [5, 5.41) is 18.9. The molecule has 126 valence electrons. The Kier molecular flexibility index (Phi) is 4.28. The molecule has 2 aromatic rings. The highest BCUT2D eigenvalue weighted by molar-refractivity contribution is 5.77. The molecule has 0 amide bonds. The third-order valence-electron chi connectivity index (χ3n) is 3.67. The van der Waals surface area contributed by atoms with Crippen molar-refractivity contribution >= 4 is 17.1 Å². The molecule has 0 bridgehead atoms. The fourth-order valence-corrected chi connectivity index (χ4v) is 2.62. The van der Waals surface area contributed by atoms with E-state index >= 15 is 0 Å². The average Bonchev–Trinajstić information content (AvgIpc) is 3.04. The van der Waals surface area contributed by atoms with E-state index < -0.39 is 24.6 Å². The lowest BCUT2D eigenvalue weighted by Gasteiger charge is -2.15. The van der Waals surface area contributed by atoms with Crippen LogP contribution < -0.4 is 10.5 Å². The van der Waals surface area contributed by atoms with Crippen LogP contribution in [0.4, 0.5) is 10.3 Å². The Bertz CT molecular complexity index is 696. The highest BCUT2D eigenvalue weighted by Gasteiger charge is 2.45. The molecule has 0 saturated carbocycles. The first-order valence-electron chi connectivity index (χ1n) is 7.28. The second-order valence-corrected chi connectivity index (χ2v) is 5.16. The molecule has 3 heterocycles. The Morgan fingerprint density at radius 3 is 2.96 bits per heavy atom. The lowest BCUT2D eigenvalue weighted by Crippen LogP contribution is -2.29. The van der Waals surface area contributed by atoms with Gasteiger partial charge in [-0.15, -0.1) is 0 Å². The molecule has 10 heteroatoms. The minimum absolute atomic E-state index is 0.0384. The van der Waals surface area contributed by atoms with Gasteiger partial charge in [-0.3, -0.25) is 4.57 Å². The molecule has 1 aliphatic heterocycles. The monoisotopic (exact) mass is 327 g/mol. The summed E-state index contributed by atoms with van der Waals surface area (Å²) < 4.78 is 26.6. The Morgan fingerprint density at radius 1 is 1.48 bits per heavy atom. The molecule has 4 N–H and O–H groups in total. The van der Waals surface area contributed by atoms with Crippen molar-refractivity contribution in [3.8, 4) is 5.88 Å². The highest BCUT2D eigenvalue weighted by atomic mass is 19.1. The maximum absolute atomic E-state index is 14.4. The Hall–Kier alpha value is -2.04. The van der Waals surface area contributed by atoms with Crippen LogP contribution in [0.2, 0.25) is 0 Å². The molecular formula is C13H18FN5O4. The molecule has 0 radical (unpaired) electrons. The number of alkyl halides is 1. The van der Waals surface area contributed by atoms with Gasteiger partial charge in [0.1, 0.15) is 6.10 Å². The summed E-state index contributed by atoms with van der Waals surface area (Å²) in [6.07, 6.45) is -3.47. The van der Waals surface area contributed by atoms with Gasteiger partial charge in [-0.2, -0.15) is 9.97 Å². The first-order chi connectivity index (χ1) is 11.1. The summed E-state index contributed by atoms with van der Waals surface area (Å²) in [4.78, 5) is 12.2. The highest BCUT2D eigenvalue weighted by Crippen LogP contribution is 2.35. The van der Waals surface area contributed by atoms with E-state index in [0.717, 1.165) is 0 Å². The van der Waals surface area contributed by atoms with Gasteiger partial charge in [0.05, 0.1) is 19.0 Å². The van der Waals surface area contributed by atoms with E-state index in [-0.39, 0.29) is 30.5 Å². The number of ether oxygens (including phenoxy) is 2. The number of nitrogens with zero attached hydrogens (tertiary/aromatic N) is 4. The van der Waals surface area contributed by atoms with E-state index in [1.54, 1.807) is 6.92 Å². The van der Waals surface area contributed by atoms with E-state index in [1.807, 2.05) is 0 Å². The van der Waals surface area contributed by atoms with Crippen LogP contribution in [-0.4, -0.2) is 61.3 Å². The van der Waals surface area contributed by atoms with E-state index in [9.17, 15) is 9.50 Å². The number of rotatable bonds is 5. The first kappa shape index (κ1) is 15.8. The largest absolute Gasteiger partial charge is 0.476 e. The van der Waals surface area contributed by atoms with Crippen LogP contribution in [0.25, 0.3) is 11.2 Å². The number of imidazole rings is 1. The predicted molar refractivity (Wildman–Crippen MR) is 77.4 cm³/mol. The number of aliphatic hydroxyl groups is 2. The number of halogens is 1. The number of anilines is 1. The van der Waals surface area contributed by atoms with Crippen molar-refractivity contribution in [3.05, 3.63) is 6.33 Å². The van der Waals surface area contributed by atoms with Gasteiger partial charge in [0.25, 0.3) is 0 Å². The molecule has 1 fully saturated rings. The van der Waals surface area contributed by atoms with Gasteiger partial charge in [0, 0.05) is 6.61 Å². The van der Waals surface area contributed by atoms with Gasteiger partial charge in [0.2, 0.25) is 11.8 Å². The summed E-state index contributed by atoms with van der Waals surface area (Å²) in [6, 6.07) is 0. The summed E-state index contributed by atoms with van der Waals surface area (Å²) in [7, 11) is 0. The molecule has 23 heavy (non-hydrogen) atoms. The van der Waals surface area contributed by atoms with Crippen molar-refractivity contribution in [2.24, 2.45) is 0 Å². The molecular weight excluding hydrogens is 309 g/mol. The molecule has 1 saturated heterocycles. The molecule has 1 aliphatic rings. The van der Waals surface area contributed by atoms with E-state index in [2.05, 4.69) is 15.0 Å². The number of aliphatic hydroxyl groups excluding tert-OH is 2. The zero-order chi connectivity index (χ0) is 16.6. The number of nitrogen functional groups attached to an aromatic ring is 1. The fraction of sp³-hybridized carbons (Fsp3) is 0.615. The number of aromatic nitrogens is 4. The molecule has 0 aromatic carbocycles. The Morgan fingerprint density at radius 2 is 2.26 bits per heavy atom. The minimum Gasteiger partial charge on any atom is -0.476 e. The van der Waals surface area contributed by atoms with Crippen molar-refractivity contribution in [1.82, 2.24) is 19.5 Å². The zero-order valence-corrected chi connectivity index (χ0v) is 12.5. The number of hydrogen-bond donors (Lipinski definition) is 3. The predicted octanol–water partition coefficient (Wildman–Crippen LogP) is -0.214. The normalized spacial score (nSPS) is 27.7. The SMILES string of the molecule is CCOc1nc(N)nc2c1ncn2[C@@H]1O[C@H](CCO)[C@@H](O)[C@H]1F. The smallest absolute Gasteiger partial charge is 0.247 e. The number of hydrogen-bond acceptors (Lipinski definition) is 8. The van der Waals surface area contributed by atoms with Gasteiger partial charge < -0.3 is 25.4 Å². The van der Waals surface area contributed by atoms with Crippen LogP contribution in [0, 0.1) is 0 Å². The van der Waals surface area contributed by atoms with Gasteiger partial charge in [0.15, 0.2) is 23.6 Å². The summed E-state index contributed by atoms with van der Waals surface area (Å²) in [5.74, 6) is 0.165. The van der Waals surface area contributed by atoms with Crippen LogP contribution in [0.1, 0.15) is 19.6 Å². The van der Waals surface area contributed by atoms with Gasteiger partial charge in [-0.25, -0.2) is 9.37 Å². The van der Waals surface area contributed by atoms with Crippen molar-refractivity contribution < 1.29 is 24.1 Å². The van der Waals surface area contributed by atoms with Crippen molar-refractivity contribution in [2.45, 2.75) is 38.0 Å². The van der Waals surface area contributed by atoms with E-state index in [4.69, 9.17) is 20.3 Å². The molecule has 3 rings (SSSR count). The third kappa shape index (κ3) is 2.69. The third-order valence-corrected chi connectivity index (χ3v) is 3.67. The minimum atomic E-state index is -1.68. The lowest BCUT2D eigenvalue weighted by molar-refractivity contribution is -0.0317. The maximum Gasteiger partial charge on any atom is 0.247 e. The zero-order valence-electron chi connectivity index (χ0n) is 12.5.